The molecule has 0 aliphatic rings. The van der Waals surface area contributed by atoms with E-state index >= 15 is 0 Å². The first-order chi connectivity index (χ1) is 13.2. The highest BCUT2D eigenvalue weighted by Crippen LogP contribution is 2.28. The first-order valence-corrected chi connectivity index (χ1v) is 10.6. The molecule has 2 aromatic heterocycles. The minimum Gasteiger partial charge on any atom is -0.467 e. The summed E-state index contributed by atoms with van der Waals surface area (Å²) >= 11 is 2.80. The highest BCUT2D eigenvalue weighted by Gasteiger charge is 2.12. The quantitative estimate of drug-likeness (QED) is 0.491. The molecule has 0 aliphatic heterocycles. The van der Waals surface area contributed by atoms with Crippen molar-refractivity contribution in [3.05, 3.63) is 54.0 Å². The van der Waals surface area contributed by atoms with Gasteiger partial charge in [0.15, 0.2) is 4.34 Å². The molecular weight excluding hydrogens is 380 g/mol. The smallest absolute Gasteiger partial charge is 0.234 e. The third-order valence-corrected chi connectivity index (χ3v) is 6.12. The molecule has 0 saturated heterocycles. The van der Waals surface area contributed by atoms with Crippen molar-refractivity contribution in [1.82, 2.24) is 10.2 Å². The molecule has 0 fully saturated rings. The summed E-state index contributed by atoms with van der Waals surface area (Å²) in [7, 11) is 0. The summed E-state index contributed by atoms with van der Waals surface area (Å²) in [6, 6.07) is 11.7. The Morgan fingerprint density at radius 1 is 1.26 bits per heavy atom. The molecule has 0 bridgehead atoms. The van der Waals surface area contributed by atoms with E-state index in [9.17, 15) is 4.79 Å². The lowest BCUT2D eigenvalue weighted by molar-refractivity contribution is -0.113. The average Bonchev–Trinajstić information content (AvgIpc) is 3.36. The summed E-state index contributed by atoms with van der Waals surface area (Å²) in [5.41, 5.74) is 2.05. The normalized spacial score (nSPS) is 11.9. The number of thioether (sulfide) groups is 1. The number of furan rings is 1. The van der Waals surface area contributed by atoms with Crippen molar-refractivity contribution in [2.24, 2.45) is 0 Å². The summed E-state index contributed by atoms with van der Waals surface area (Å²) in [6.45, 7) is 4.86. The number of anilines is 2. The largest absolute Gasteiger partial charge is 0.467 e. The summed E-state index contributed by atoms with van der Waals surface area (Å²) in [5.74, 6) is 1.48. The van der Waals surface area contributed by atoms with Gasteiger partial charge in [-0.25, -0.2) is 0 Å². The standard InChI is InChI=1S/C19H22N4O2S2/c1-3-13(2)15-8-4-5-9-16(15)21-17(24)12-26-19-23-22-18(27-19)20-11-14-7-6-10-25-14/h4-10,13H,3,11-12H2,1-2H3,(H,20,22)(H,21,24)/t13-/m1/s1. The molecule has 0 aliphatic carbocycles. The maximum Gasteiger partial charge on any atom is 0.234 e. The summed E-state index contributed by atoms with van der Waals surface area (Å²) in [4.78, 5) is 12.3. The SMILES string of the molecule is CC[C@@H](C)c1ccccc1NC(=O)CSc1nnc(NCc2ccco2)s1. The maximum atomic E-state index is 12.3. The highest BCUT2D eigenvalue weighted by molar-refractivity contribution is 8.01. The summed E-state index contributed by atoms with van der Waals surface area (Å²) in [6.07, 6.45) is 2.66. The molecule has 3 aromatic rings. The number of carbonyl (C=O) groups is 1. The van der Waals surface area contributed by atoms with Crippen molar-refractivity contribution in [2.45, 2.75) is 37.1 Å². The molecule has 0 unspecified atom stereocenters. The number of carbonyl (C=O) groups excluding carboxylic acids is 1. The van der Waals surface area contributed by atoms with Gasteiger partial charge in [-0.2, -0.15) is 0 Å². The van der Waals surface area contributed by atoms with Gasteiger partial charge in [0.2, 0.25) is 11.0 Å². The topological polar surface area (TPSA) is 80.0 Å². The lowest BCUT2D eigenvalue weighted by atomic mass is 9.97. The number of aromatic nitrogens is 2. The van der Waals surface area contributed by atoms with Gasteiger partial charge in [0.25, 0.3) is 0 Å². The van der Waals surface area contributed by atoms with Gasteiger partial charge in [-0.05, 0) is 36.1 Å². The van der Waals surface area contributed by atoms with Crippen molar-refractivity contribution in [3.63, 3.8) is 0 Å². The Hall–Kier alpha value is -2.32. The summed E-state index contributed by atoms with van der Waals surface area (Å²) in [5, 5.41) is 15.1. The molecule has 8 heteroatoms. The lowest BCUT2D eigenvalue weighted by Gasteiger charge is -2.15. The molecule has 0 radical (unpaired) electrons. The molecule has 6 nitrogen and oxygen atoms in total. The van der Waals surface area contributed by atoms with E-state index in [2.05, 4.69) is 40.7 Å². The third-order valence-electron chi connectivity index (χ3n) is 4.11. The predicted octanol–water partition coefficient (Wildman–Crippen LogP) is 4.99. The predicted molar refractivity (Wildman–Crippen MR) is 110 cm³/mol. The number of rotatable bonds is 9. The second-order valence-electron chi connectivity index (χ2n) is 6.04. The van der Waals surface area contributed by atoms with E-state index in [1.54, 1.807) is 6.26 Å². The van der Waals surface area contributed by atoms with Gasteiger partial charge >= 0.3 is 0 Å². The Morgan fingerprint density at radius 3 is 2.89 bits per heavy atom. The number of hydrogen-bond acceptors (Lipinski definition) is 7. The Balaban J connectivity index is 1.50. The van der Waals surface area contributed by atoms with Crippen LogP contribution >= 0.6 is 23.1 Å². The number of benzene rings is 1. The zero-order valence-corrected chi connectivity index (χ0v) is 16.9. The average molecular weight is 403 g/mol. The highest BCUT2D eigenvalue weighted by atomic mass is 32.2. The van der Waals surface area contributed by atoms with Crippen LogP contribution in [0.25, 0.3) is 0 Å². The molecular formula is C19H22N4O2S2. The number of para-hydroxylation sites is 1. The number of nitrogens with one attached hydrogen (secondary N) is 2. The molecule has 142 valence electrons. The van der Waals surface area contributed by atoms with Crippen molar-refractivity contribution in [1.29, 1.82) is 0 Å². The van der Waals surface area contributed by atoms with Crippen molar-refractivity contribution >= 4 is 39.8 Å². The Labute approximate surface area is 166 Å². The van der Waals surface area contributed by atoms with E-state index in [0.29, 0.717) is 23.3 Å². The minimum absolute atomic E-state index is 0.0453. The van der Waals surface area contributed by atoms with E-state index in [-0.39, 0.29) is 5.91 Å². The van der Waals surface area contributed by atoms with E-state index in [4.69, 9.17) is 4.42 Å². The van der Waals surface area contributed by atoms with E-state index in [1.165, 1.54) is 28.7 Å². The van der Waals surface area contributed by atoms with Crippen LogP contribution in [0.4, 0.5) is 10.8 Å². The van der Waals surface area contributed by atoms with Crippen LogP contribution in [-0.4, -0.2) is 21.9 Å². The van der Waals surface area contributed by atoms with Crippen LogP contribution in [0.5, 0.6) is 0 Å². The van der Waals surface area contributed by atoms with Crippen molar-refractivity contribution in [2.75, 3.05) is 16.4 Å². The monoisotopic (exact) mass is 402 g/mol. The number of amides is 1. The van der Waals surface area contributed by atoms with Crippen LogP contribution < -0.4 is 10.6 Å². The van der Waals surface area contributed by atoms with Gasteiger partial charge in [0.05, 0.1) is 18.6 Å². The molecule has 2 heterocycles. The van der Waals surface area contributed by atoms with E-state index in [1.807, 2.05) is 30.3 Å². The molecule has 3 rings (SSSR count). The second kappa shape index (κ2) is 9.57. The van der Waals surface area contributed by atoms with Gasteiger partial charge in [-0.15, -0.1) is 10.2 Å². The number of nitrogens with zero attached hydrogens (tertiary/aromatic N) is 2. The second-order valence-corrected chi connectivity index (χ2v) is 8.24. The first kappa shape index (κ1) is 19.4. The van der Waals surface area contributed by atoms with Crippen molar-refractivity contribution in [3.8, 4) is 0 Å². The Morgan fingerprint density at radius 2 is 2.11 bits per heavy atom. The third kappa shape index (κ3) is 5.58. The molecule has 0 spiro atoms. The molecule has 27 heavy (non-hydrogen) atoms. The molecule has 1 aromatic carbocycles. The first-order valence-electron chi connectivity index (χ1n) is 8.77. The van der Waals surface area contributed by atoms with Crippen LogP contribution in [0.2, 0.25) is 0 Å². The van der Waals surface area contributed by atoms with Gasteiger partial charge in [0, 0.05) is 5.69 Å². The van der Waals surface area contributed by atoms with Crippen LogP contribution in [0.15, 0.2) is 51.4 Å². The molecule has 1 amide bonds. The molecule has 2 N–H and O–H groups in total. The minimum atomic E-state index is -0.0453. The van der Waals surface area contributed by atoms with Crippen LogP contribution in [0.3, 0.4) is 0 Å². The van der Waals surface area contributed by atoms with Crippen LogP contribution in [0, 0.1) is 0 Å². The van der Waals surface area contributed by atoms with Gasteiger partial charge in [0.1, 0.15) is 5.76 Å². The van der Waals surface area contributed by atoms with Crippen LogP contribution in [0.1, 0.15) is 37.5 Å². The van der Waals surface area contributed by atoms with Crippen LogP contribution in [-0.2, 0) is 11.3 Å². The van der Waals surface area contributed by atoms with Gasteiger partial charge in [-0.1, -0.05) is 55.1 Å². The van der Waals surface area contributed by atoms with E-state index in [0.717, 1.165) is 22.2 Å². The Bertz CT molecular complexity index is 864. The molecule has 1 atom stereocenters. The van der Waals surface area contributed by atoms with Gasteiger partial charge < -0.3 is 15.1 Å². The van der Waals surface area contributed by atoms with Crippen molar-refractivity contribution < 1.29 is 9.21 Å². The Kier molecular flexibility index (Phi) is 6.89. The van der Waals surface area contributed by atoms with Gasteiger partial charge in [-0.3, -0.25) is 4.79 Å². The fourth-order valence-corrected chi connectivity index (χ4v) is 4.04. The zero-order valence-electron chi connectivity index (χ0n) is 15.3. The zero-order chi connectivity index (χ0) is 19.1. The van der Waals surface area contributed by atoms with E-state index < -0.39 is 0 Å². The fourth-order valence-electron chi connectivity index (χ4n) is 2.49. The molecule has 0 saturated carbocycles. The number of hydrogen-bond donors (Lipinski definition) is 2. The fraction of sp³-hybridized carbons (Fsp3) is 0.316. The lowest BCUT2D eigenvalue weighted by Crippen LogP contribution is -2.15. The summed E-state index contributed by atoms with van der Waals surface area (Å²) < 4.78 is 6.02. The maximum absolute atomic E-state index is 12.3.